The van der Waals surface area contributed by atoms with Crippen LogP contribution in [-0.2, 0) is 4.87 Å². The van der Waals surface area contributed by atoms with Gasteiger partial charge in [0.2, 0.25) is 0 Å². The van der Waals surface area contributed by atoms with Crippen molar-refractivity contribution in [1.82, 2.24) is 0 Å². The van der Waals surface area contributed by atoms with Crippen molar-refractivity contribution in [2.45, 2.75) is 4.87 Å². The highest BCUT2D eigenvalue weighted by atomic mass is 35.5. The number of allylic oxidation sites excluding steroid dienone is 6. The second-order valence-corrected chi connectivity index (χ2v) is 5.25. The van der Waals surface area contributed by atoms with Gasteiger partial charge in [-0.3, -0.25) is 0 Å². The van der Waals surface area contributed by atoms with Crippen LogP contribution in [0, 0.1) is 6.08 Å². The molecule has 0 heterocycles. The topological polar surface area (TPSA) is 0 Å². The van der Waals surface area contributed by atoms with Gasteiger partial charge in [0.05, 0.1) is 17.7 Å². The first-order valence-electron chi connectivity index (χ1n) is 6.58. The van der Waals surface area contributed by atoms with Crippen LogP contribution in [0.25, 0.3) is 0 Å². The summed E-state index contributed by atoms with van der Waals surface area (Å²) < 4.78 is 0. The molecular formula is C19H14Cl+. The second-order valence-electron chi connectivity index (χ2n) is 4.68. The molecule has 0 N–H and O–H groups in total. The molecule has 0 fully saturated rings. The Morgan fingerprint density at radius 2 is 1.35 bits per heavy atom. The molecule has 2 aromatic rings. The van der Waals surface area contributed by atoms with E-state index in [1.165, 1.54) is 0 Å². The van der Waals surface area contributed by atoms with Gasteiger partial charge in [-0.25, -0.2) is 0 Å². The van der Waals surface area contributed by atoms with Crippen LogP contribution < -0.4 is 0 Å². The molecule has 0 nitrogen and oxygen atoms in total. The SMILES string of the molecule is ClC(C1=CC=[C+]C=C1)(c1ccccc1)c1ccccc1. The summed E-state index contributed by atoms with van der Waals surface area (Å²) in [6.07, 6.45) is 10.9. The molecule has 1 aliphatic rings. The van der Waals surface area contributed by atoms with Crippen molar-refractivity contribution < 1.29 is 0 Å². The quantitative estimate of drug-likeness (QED) is 0.545. The Morgan fingerprint density at radius 3 is 1.80 bits per heavy atom. The summed E-state index contributed by atoms with van der Waals surface area (Å²) in [5.74, 6) is 0. The standard InChI is InChI=1S/C19H14Cl/c20-19(16-10-4-1-5-11-16,17-12-6-2-7-13-17)18-14-8-3-9-15-18/h1-2,4-15H/q+1. The Morgan fingerprint density at radius 1 is 0.800 bits per heavy atom. The van der Waals surface area contributed by atoms with E-state index in [2.05, 4.69) is 30.3 Å². The van der Waals surface area contributed by atoms with Crippen LogP contribution in [0.5, 0.6) is 0 Å². The molecule has 2 aromatic carbocycles. The monoisotopic (exact) mass is 277 g/mol. The average Bonchev–Trinajstić information content (AvgIpc) is 2.56. The first-order chi connectivity index (χ1) is 9.82. The van der Waals surface area contributed by atoms with Gasteiger partial charge in [0.1, 0.15) is 17.0 Å². The molecule has 0 radical (unpaired) electrons. The Kier molecular flexibility index (Phi) is 3.52. The molecule has 96 valence electrons. The zero-order valence-electron chi connectivity index (χ0n) is 11.0. The molecule has 0 aromatic heterocycles. The number of rotatable bonds is 3. The minimum Gasteiger partial charge on any atom is -0.101 e. The molecule has 0 atom stereocenters. The fourth-order valence-electron chi connectivity index (χ4n) is 2.45. The second kappa shape index (κ2) is 5.46. The predicted octanol–water partition coefficient (Wildman–Crippen LogP) is 5.02. The summed E-state index contributed by atoms with van der Waals surface area (Å²) in [4.78, 5) is -0.669. The third kappa shape index (κ3) is 2.20. The Labute approximate surface area is 124 Å². The van der Waals surface area contributed by atoms with Crippen molar-refractivity contribution in [3.8, 4) is 0 Å². The van der Waals surface area contributed by atoms with Crippen molar-refractivity contribution in [3.05, 3.63) is 108 Å². The number of hydrogen-bond donors (Lipinski definition) is 0. The highest BCUT2D eigenvalue weighted by Crippen LogP contribution is 2.44. The predicted molar refractivity (Wildman–Crippen MR) is 84.6 cm³/mol. The molecule has 1 heteroatoms. The van der Waals surface area contributed by atoms with Gasteiger partial charge in [-0.05, 0) is 11.1 Å². The Hall–Kier alpha value is -2.14. The minimum atomic E-state index is -0.669. The number of halogens is 1. The lowest BCUT2D eigenvalue weighted by Gasteiger charge is -2.27. The summed E-state index contributed by atoms with van der Waals surface area (Å²) in [7, 11) is 0. The van der Waals surface area contributed by atoms with Gasteiger partial charge < -0.3 is 0 Å². The number of hydrogen-bond acceptors (Lipinski definition) is 0. The summed E-state index contributed by atoms with van der Waals surface area (Å²) in [6.45, 7) is 0. The molecule has 20 heavy (non-hydrogen) atoms. The van der Waals surface area contributed by atoms with E-state index in [1.807, 2.05) is 60.7 Å². The molecule has 0 amide bonds. The lowest BCUT2D eigenvalue weighted by molar-refractivity contribution is 0.877. The largest absolute Gasteiger partial charge is 0.144 e. The fraction of sp³-hybridized carbons (Fsp3) is 0.0526. The number of benzene rings is 2. The zero-order valence-corrected chi connectivity index (χ0v) is 11.7. The van der Waals surface area contributed by atoms with Crippen LogP contribution in [-0.4, -0.2) is 0 Å². The van der Waals surface area contributed by atoms with Gasteiger partial charge in [-0.1, -0.05) is 60.7 Å². The van der Waals surface area contributed by atoms with Gasteiger partial charge in [0, 0.05) is 6.08 Å². The average molecular weight is 278 g/mol. The summed E-state index contributed by atoms with van der Waals surface area (Å²) >= 11 is 7.10. The highest BCUT2D eigenvalue weighted by Gasteiger charge is 2.38. The number of alkyl halides is 1. The maximum Gasteiger partial charge on any atom is 0.144 e. The molecule has 0 bridgehead atoms. The summed E-state index contributed by atoms with van der Waals surface area (Å²) in [5, 5.41) is 0. The van der Waals surface area contributed by atoms with Crippen molar-refractivity contribution in [2.24, 2.45) is 0 Å². The molecule has 0 unspecified atom stereocenters. The first-order valence-corrected chi connectivity index (χ1v) is 6.96. The Bertz CT molecular complexity index is 624. The highest BCUT2D eigenvalue weighted by molar-refractivity contribution is 6.28. The fourth-order valence-corrected chi connectivity index (χ4v) is 2.83. The summed E-state index contributed by atoms with van der Waals surface area (Å²) in [5.41, 5.74) is 3.19. The van der Waals surface area contributed by atoms with Crippen molar-refractivity contribution in [2.75, 3.05) is 0 Å². The Balaban J connectivity index is 2.21. The molecule has 3 rings (SSSR count). The first kappa shape index (κ1) is 12.9. The normalized spacial score (nSPS) is 13.8. The van der Waals surface area contributed by atoms with E-state index in [4.69, 9.17) is 11.6 Å². The van der Waals surface area contributed by atoms with E-state index in [-0.39, 0.29) is 0 Å². The smallest absolute Gasteiger partial charge is 0.101 e. The summed E-state index contributed by atoms with van der Waals surface area (Å²) in [6, 6.07) is 20.3. The van der Waals surface area contributed by atoms with Crippen molar-refractivity contribution >= 4 is 11.6 Å². The van der Waals surface area contributed by atoms with Crippen LogP contribution in [0.2, 0.25) is 0 Å². The molecule has 0 saturated heterocycles. The van der Waals surface area contributed by atoms with Gasteiger partial charge in [-0.15, -0.1) is 11.6 Å². The lowest BCUT2D eigenvalue weighted by Crippen LogP contribution is -2.23. The third-order valence-electron chi connectivity index (χ3n) is 3.46. The lowest BCUT2D eigenvalue weighted by atomic mass is 9.82. The minimum absolute atomic E-state index is 0.669. The van der Waals surface area contributed by atoms with E-state index in [9.17, 15) is 0 Å². The maximum atomic E-state index is 7.10. The van der Waals surface area contributed by atoms with E-state index in [0.29, 0.717) is 0 Å². The van der Waals surface area contributed by atoms with E-state index in [0.717, 1.165) is 16.7 Å². The van der Waals surface area contributed by atoms with Crippen LogP contribution >= 0.6 is 11.6 Å². The van der Waals surface area contributed by atoms with E-state index < -0.39 is 4.87 Å². The van der Waals surface area contributed by atoms with Crippen LogP contribution in [0.3, 0.4) is 0 Å². The van der Waals surface area contributed by atoms with Crippen LogP contribution in [0.4, 0.5) is 0 Å². The zero-order chi connectivity index (χ0) is 13.8. The molecular weight excluding hydrogens is 264 g/mol. The molecule has 0 saturated carbocycles. The molecule has 1 aliphatic carbocycles. The van der Waals surface area contributed by atoms with Crippen molar-refractivity contribution in [1.29, 1.82) is 0 Å². The molecule has 0 aliphatic heterocycles. The maximum absolute atomic E-state index is 7.10. The van der Waals surface area contributed by atoms with Gasteiger partial charge in [0.25, 0.3) is 0 Å². The van der Waals surface area contributed by atoms with Crippen LogP contribution in [0.1, 0.15) is 11.1 Å². The van der Waals surface area contributed by atoms with Gasteiger partial charge >= 0.3 is 0 Å². The third-order valence-corrected chi connectivity index (χ3v) is 4.11. The van der Waals surface area contributed by atoms with E-state index >= 15 is 0 Å². The van der Waals surface area contributed by atoms with Crippen LogP contribution in [0.15, 0.2) is 90.5 Å². The van der Waals surface area contributed by atoms with Gasteiger partial charge in [0.15, 0.2) is 0 Å². The van der Waals surface area contributed by atoms with Crippen molar-refractivity contribution in [3.63, 3.8) is 0 Å². The van der Waals surface area contributed by atoms with Gasteiger partial charge in [-0.2, -0.15) is 0 Å². The van der Waals surface area contributed by atoms with E-state index in [1.54, 1.807) is 0 Å². The molecule has 0 spiro atoms.